The minimum atomic E-state index is -1.10. The minimum Gasteiger partial charge on any atom is -0.458 e. The summed E-state index contributed by atoms with van der Waals surface area (Å²) in [4.78, 5) is 63.4. The van der Waals surface area contributed by atoms with E-state index in [9.17, 15) is 24.0 Å². The Morgan fingerprint density at radius 1 is 0.725 bits per heavy atom. The van der Waals surface area contributed by atoms with Gasteiger partial charge in [0.05, 0.1) is 0 Å². The summed E-state index contributed by atoms with van der Waals surface area (Å²) in [6.07, 6.45) is -0.138. The van der Waals surface area contributed by atoms with Gasteiger partial charge in [-0.25, -0.2) is 14.4 Å². The van der Waals surface area contributed by atoms with Crippen LogP contribution in [0.3, 0.4) is 0 Å². The summed E-state index contributed by atoms with van der Waals surface area (Å²) in [5.41, 5.74) is 4.34. The van der Waals surface area contributed by atoms with Crippen LogP contribution in [0.1, 0.15) is 75.5 Å². The molecule has 0 unspecified atom stereocenters. The first-order chi connectivity index (χ1) is 24.4. The molecular formula is C39H48N4O8. The lowest BCUT2D eigenvalue weighted by molar-refractivity contribution is -0.157. The van der Waals surface area contributed by atoms with Crippen molar-refractivity contribution in [1.82, 2.24) is 21.3 Å². The first-order valence-corrected chi connectivity index (χ1v) is 17.2. The summed E-state index contributed by atoms with van der Waals surface area (Å²) in [7, 11) is 1.49. The SMILES string of the molecule is CNC(=O)[C@H](CCCCNC(=O)CC[C@@H](NC(=O)OCC1c2ccccc2-c2ccccc21)C(=O)OC(C)(C)C)NC(=O)OCc1ccccc1. The summed E-state index contributed by atoms with van der Waals surface area (Å²) in [5.74, 6) is -1.49. The molecule has 0 radical (unpaired) electrons. The van der Waals surface area contributed by atoms with Crippen LogP contribution in [0, 0.1) is 0 Å². The van der Waals surface area contributed by atoms with Crippen molar-refractivity contribution in [3.8, 4) is 11.1 Å². The molecule has 4 amide bonds. The third-order valence-electron chi connectivity index (χ3n) is 8.30. The minimum absolute atomic E-state index is 0.00129. The molecule has 0 fully saturated rings. The van der Waals surface area contributed by atoms with Crippen molar-refractivity contribution >= 4 is 30.0 Å². The monoisotopic (exact) mass is 700 g/mol. The zero-order valence-electron chi connectivity index (χ0n) is 29.7. The third kappa shape index (κ3) is 11.9. The number of carbonyl (C=O) groups is 5. The van der Waals surface area contributed by atoms with Gasteiger partial charge in [-0.15, -0.1) is 0 Å². The molecule has 0 saturated heterocycles. The highest BCUT2D eigenvalue weighted by Crippen LogP contribution is 2.44. The van der Waals surface area contributed by atoms with Gasteiger partial charge in [-0.05, 0) is 74.3 Å². The number of carbonyl (C=O) groups excluding carboxylic acids is 5. The molecule has 0 aromatic heterocycles. The number of likely N-dealkylation sites (N-methyl/N-ethyl adjacent to an activating group) is 1. The number of fused-ring (bicyclic) bond motifs is 3. The second-order valence-electron chi connectivity index (χ2n) is 13.3. The standard InChI is InChI=1S/C39H48N4O8/c1-39(2,3)51-36(46)33(43-38(48)50-25-31-29-18-10-8-16-27(29)28-17-9-11-19-30(28)31)21-22-34(44)41-23-13-12-20-32(35(45)40-4)42-37(47)49-24-26-14-6-5-7-15-26/h5-11,14-19,31-33H,12-13,20-25H2,1-4H3,(H,40,45)(H,41,44)(H,42,47)(H,43,48)/t32-,33+/m0/s1. The lowest BCUT2D eigenvalue weighted by Gasteiger charge is -2.24. The number of ether oxygens (including phenoxy) is 3. The van der Waals surface area contributed by atoms with Crippen molar-refractivity contribution in [3.05, 3.63) is 95.6 Å². The highest BCUT2D eigenvalue weighted by Gasteiger charge is 2.31. The molecule has 0 aliphatic heterocycles. The van der Waals surface area contributed by atoms with Gasteiger partial charge in [-0.3, -0.25) is 9.59 Å². The van der Waals surface area contributed by atoms with Crippen molar-refractivity contribution in [2.75, 3.05) is 20.2 Å². The van der Waals surface area contributed by atoms with Crippen molar-refractivity contribution in [2.24, 2.45) is 0 Å². The van der Waals surface area contributed by atoms with E-state index in [4.69, 9.17) is 14.2 Å². The topological polar surface area (TPSA) is 161 Å². The summed E-state index contributed by atoms with van der Waals surface area (Å²) in [5, 5.41) is 10.6. The average molecular weight is 701 g/mol. The molecule has 0 bridgehead atoms. The van der Waals surface area contributed by atoms with Gasteiger partial charge in [0.1, 0.15) is 30.9 Å². The first kappa shape index (κ1) is 38.4. The van der Waals surface area contributed by atoms with Gasteiger partial charge in [-0.2, -0.15) is 0 Å². The van der Waals surface area contributed by atoms with Crippen LogP contribution < -0.4 is 21.3 Å². The fourth-order valence-electron chi connectivity index (χ4n) is 5.82. The second-order valence-corrected chi connectivity index (χ2v) is 13.3. The normalized spacial score (nSPS) is 13.1. The van der Waals surface area contributed by atoms with Crippen molar-refractivity contribution in [1.29, 1.82) is 0 Å². The number of amides is 4. The number of benzene rings is 3. The van der Waals surface area contributed by atoms with E-state index in [-0.39, 0.29) is 43.8 Å². The van der Waals surface area contributed by atoms with Crippen molar-refractivity contribution < 1.29 is 38.2 Å². The maximum absolute atomic E-state index is 13.0. The Morgan fingerprint density at radius 3 is 1.94 bits per heavy atom. The molecule has 4 rings (SSSR count). The van der Waals surface area contributed by atoms with E-state index in [1.54, 1.807) is 20.8 Å². The highest BCUT2D eigenvalue weighted by atomic mass is 16.6. The number of nitrogens with one attached hydrogen (secondary N) is 4. The molecule has 1 aliphatic carbocycles. The van der Waals surface area contributed by atoms with E-state index in [0.29, 0.717) is 25.8 Å². The second kappa shape index (κ2) is 18.6. The molecular weight excluding hydrogens is 652 g/mol. The Balaban J connectivity index is 1.22. The fraction of sp³-hybridized carbons (Fsp3) is 0.410. The number of hydrogen-bond donors (Lipinski definition) is 4. The molecule has 272 valence electrons. The molecule has 0 heterocycles. The number of alkyl carbamates (subject to hydrolysis) is 2. The summed E-state index contributed by atoms with van der Waals surface area (Å²) >= 11 is 0. The van der Waals surface area contributed by atoms with E-state index >= 15 is 0 Å². The molecule has 2 atom stereocenters. The molecule has 0 saturated carbocycles. The Morgan fingerprint density at radius 2 is 1.31 bits per heavy atom. The van der Waals surface area contributed by atoms with Crippen molar-refractivity contribution in [3.63, 3.8) is 0 Å². The lowest BCUT2D eigenvalue weighted by Crippen LogP contribution is -2.46. The zero-order chi connectivity index (χ0) is 36.8. The van der Waals surface area contributed by atoms with E-state index in [1.165, 1.54) is 7.05 Å². The van der Waals surface area contributed by atoms with Gasteiger partial charge >= 0.3 is 18.2 Å². The predicted molar refractivity (Wildman–Crippen MR) is 192 cm³/mol. The van der Waals surface area contributed by atoms with Crippen molar-refractivity contribution in [2.45, 2.75) is 83.1 Å². The van der Waals surface area contributed by atoms with Gasteiger partial charge in [-0.1, -0.05) is 78.9 Å². The van der Waals surface area contributed by atoms with Gasteiger partial charge < -0.3 is 35.5 Å². The van der Waals surface area contributed by atoms with E-state index in [0.717, 1.165) is 27.8 Å². The van der Waals surface area contributed by atoms with Crippen LogP contribution in [0.2, 0.25) is 0 Å². The van der Waals surface area contributed by atoms with Crippen LogP contribution in [0.4, 0.5) is 9.59 Å². The fourth-order valence-corrected chi connectivity index (χ4v) is 5.82. The molecule has 51 heavy (non-hydrogen) atoms. The Hall–Kier alpha value is -5.39. The summed E-state index contributed by atoms with van der Waals surface area (Å²) in [6, 6.07) is 23.3. The maximum atomic E-state index is 13.0. The quantitative estimate of drug-likeness (QED) is 0.0885. The number of unbranched alkanes of at least 4 members (excludes halogenated alkanes) is 1. The van der Waals surface area contributed by atoms with E-state index < -0.39 is 35.8 Å². The van der Waals surface area contributed by atoms with Crippen LogP contribution in [-0.4, -0.2) is 67.9 Å². The van der Waals surface area contributed by atoms with Gasteiger partial charge in [0.2, 0.25) is 11.8 Å². The molecule has 12 heteroatoms. The van der Waals surface area contributed by atoms with Crippen LogP contribution in [0.5, 0.6) is 0 Å². The zero-order valence-corrected chi connectivity index (χ0v) is 29.7. The van der Waals surface area contributed by atoms with Gasteiger partial charge in [0.25, 0.3) is 0 Å². The van der Waals surface area contributed by atoms with Gasteiger partial charge in [0, 0.05) is 25.9 Å². The average Bonchev–Trinajstić information content (AvgIpc) is 3.43. The van der Waals surface area contributed by atoms with Gasteiger partial charge in [0.15, 0.2) is 0 Å². The summed E-state index contributed by atoms with van der Waals surface area (Å²) in [6.45, 7) is 5.63. The maximum Gasteiger partial charge on any atom is 0.408 e. The highest BCUT2D eigenvalue weighted by molar-refractivity contribution is 5.85. The van der Waals surface area contributed by atoms with E-state index in [2.05, 4.69) is 21.3 Å². The molecule has 3 aromatic rings. The molecule has 4 N–H and O–H groups in total. The molecule has 1 aliphatic rings. The third-order valence-corrected chi connectivity index (χ3v) is 8.30. The Kier molecular flexibility index (Phi) is 14.0. The smallest absolute Gasteiger partial charge is 0.408 e. The number of hydrogen-bond acceptors (Lipinski definition) is 8. The molecule has 3 aromatic carbocycles. The van der Waals surface area contributed by atoms with Crippen LogP contribution in [-0.2, 0) is 35.2 Å². The van der Waals surface area contributed by atoms with Crippen LogP contribution in [0.15, 0.2) is 78.9 Å². The van der Waals surface area contributed by atoms with Crippen LogP contribution >= 0.6 is 0 Å². The largest absolute Gasteiger partial charge is 0.458 e. The molecule has 12 nitrogen and oxygen atoms in total. The number of rotatable bonds is 16. The lowest BCUT2D eigenvalue weighted by atomic mass is 9.98. The Labute approximate surface area is 299 Å². The first-order valence-electron chi connectivity index (χ1n) is 17.2. The predicted octanol–water partition coefficient (Wildman–Crippen LogP) is 5.34. The van der Waals surface area contributed by atoms with E-state index in [1.807, 2.05) is 78.9 Å². The number of esters is 1. The summed E-state index contributed by atoms with van der Waals surface area (Å²) < 4.78 is 16.4. The Bertz CT molecular complexity index is 1610. The van der Waals surface area contributed by atoms with Crippen LogP contribution in [0.25, 0.3) is 11.1 Å². The molecule has 0 spiro atoms.